The van der Waals surface area contributed by atoms with E-state index in [4.69, 9.17) is 4.74 Å². The quantitative estimate of drug-likeness (QED) is 0.630. The molecule has 4 atom stereocenters. The molecule has 1 aromatic carbocycles. The number of sulfonamides is 1. The van der Waals surface area contributed by atoms with E-state index < -0.39 is 10.0 Å². The number of hydrogen-bond acceptors (Lipinski definition) is 4. The van der Waals surface area contributed by atoms with Gasteiger partial charge in [0.2, 0.25) is 15.9 Å². The lowest BCUT2D eigenvalue weighted by Gasteiger charge is -2.28. The first-order valence-electron chi connectivity index (χ1n) is 9.80. The van der Waals surface area contributed by atoms with Crippen molar-refractivity contribution in [3.8, 4) is 0 Å². The zero-order valence-corrected chi connectivity index (χ0v) is 16.9. The number of anilines is 1. The Balaban J connectivity index is 1.56. The van der Waals surface area contributed by atoms with Gasteiger partial charge in [0.25, 0.3) is 0 Å². The van der Waals surface area contributed by atoms with Gasteiger partial charge in [-0.3, -0.25) is 4.79 Å². The number of carbonyl (C=O) groups is 1. The molecular formula is C20H30N2O4S. The molecule has 0 saturated heterocycles. The molecule has 2 saturated carbocycles. The first-order chi connectivity index (χ1) is 12.9. The predicted octanol–water partition coefficient (Wildman–Crippen LogP) is 3.15. The van der Waals surface area contributed by atoms with E-state index >= 15 is 0 Å². The number of hydrogen-bond donors (Lipinski definition) is 2. The maximum atomic E-state index is 12.7. The maximum absolute atomic E-state index is 12.7. The maximum Gasteiger partial charge on any atom is 0.240 e. The lowest BCUT2D eigenvalue weighted by atomic mass is 9.84. The fraction of sp³-hybridized carbons (Fsp3) is 0.650. The van der Waals surface area contributed by atoms with E-state index in [1.807, 2.05) is 6.92 Å². The van der Waals surface area contributed by atoms with Gasteiger partial charge in [-0.2, -0.15) is 0 Å². The summed E-state index contributed by atoms with van der Waals surface area (Å²) in [6.45, 7) is 2.52. The molecule has 2 N–H and O–H groups in total. The van der Waals surface area contributed by atoms with Crippen LogP contribution < -0.4 is 10.0 Å². The largest absolute Gasteiger partial charge is 0.385 e. The molecule has 0 aliphatic heterocycles. The van der Waals surface area contributed by atoms with E-state index in [0.717, 1.165) is 12.3 Å². The molecule has 0 unspecified atom stereocenters. The zero-order valence-electron chi connectivity index (χ0n) is 16.1. The first-order valence-corrected chi connectivity index (χ1v) is 11.3. The molecule has 1 amide bonds. The summed E-state index contributed by atoms with van der Waals surface area (Å²) in [5.41, 5.74) is 0.595. The van der Waals surface area contributed by atoms with Crippen molar-refractivity contribution in [2.45, 2.75) is 56.4 Å². The minimum absolute atomic E-state index is 0.0505. The minimum atomic E-state index is -3.56. The van der Waals surface area contributed by atoms with Gasteiger partial charge in [-0.25, -0.2) is 13.1 Å². The first kappa shape index (κ1) is 20.3. The summed E-state index contributed by atoms with van der Waals surface area (Å²) in [7, 11) is -1.96. The fourth-order valence-corrected chi connectivity index (χ4v) is 5.92. The van der Waals surface area contributed by atoms with Gasteiger partial charge in [0.1, 0.15) is 0 Å². The van der Waals surface area contributed by atoms with E-state index in [1.54, 1.807) is 31.4 Å². The van der Waals surface area contributed by atoms with Crippen LogP contribution in [0.25, 0.3) is 0 Å². The third kappa shape index (κ3) is 5.09. The predicted molar refractivity (Wildman–Crippen MR) is 105 cm³/mol. The minimum Gasteiger partial charge on any atom is -0.385 e. The Morgan fingerprint density at radius 3 is 2.56 bits per heavy atom. The van der Waals surface area contributed by atoms with Crippen LogP contribution in [0, 0.1) is 17.8 Å². The second kappa shape index (κ2) is 8.71. The van der Waals surface area contributed by atoms with Crippen LogP contribution in [-0.4, -0.2) is 34.1 Å². The van der Waals surface area contributed by atoms with E-state index in [0.29, 0.717) is 37.0 Å². The summed E-state index contributed by atoms with van der Waals surface area (Å²) in [5.74, 6) is 1.80. The average molecular weight is 395 g/mol. The Bertz CT molecular complexity index is 748. The smallest absolute Gasteiger partial charge is 0.240 e. The third-order valence-electron chi connectivity index (χ3n) is 5.98. The van der Waals surface area contributed by atoms with Crippen molar-refractivity contribution in [3.63, 3.8) is 0 Å². The number of nitrogens with one attached hydrogen (secondary N) is 2. The highest BCUT2D eigenvalue weighted by Crippen LogP contribution is 2.49. The van der Waals surface area contributed by atoms with E-state index in [2.05, 4.69) is 10.0 Å². The fourth-order valence-electron chi connectivity index (χ4n) is 4.62. The van der Waals surface area contributed by atoms with Gasteiger partial charge >= 0.3 is 0 Å². The van der Waals surface area contributed by atoms with Crippen molar-refractivity contribution in [2.24, 2.45) is 17.8 Å². The normalized spacial score (nSPS) is 25.5. The van der Waals surface area contributed by atoms with E-state index in [9.17, 15) is 13.2 Å². The van der Waals surface area contributed by atoms with Gasteiger partial charge in [-0.05, 0) is 74.6 Å². The Morgan fingerprint density at radius 1 is 1.22 bits per heavy atom. The van der Waals surface area contributed by atoms with Crippen LogP contribution in [-0.2, 0) is 19.6 Å². The van der Waals surface area contributed by atoms with Crippen LogP contribution in [0.15, 0.2) is 29.2 Å². The molecule has 6 nitrogen and oxygen atoms in total. The number of fused-ring (bicyclic) bond motifs is 2. The molecule has 2 aliphatic carbocycles. The molecule has 2 aliphatic rings. The molecule has 0 heterocycles. The second-order valence-electron chi connectivity index (χ2n) is 7.92. The highest BCUT2D eigenvalue weighted by atomic mass is 32.2. The van der Waals surface area contributed by atoms with Crippen LogP contribution in [0.1, 0.15) is 45.4 Å². The van der Waals surface area contributed by atoms with Crippen LogP contribution in [0.4, 0.5) is 5.69 Å². The summed E-state index contributed by atoms with van der Waals surface area (Å²) in [5, 5.41) is 2.77. The summed E-state index contributed by atoms with van der Waals surface area (Å²) >= 11 is 0. The Hall–Kier alpha value is -1.44. The molecule has 3 rings (SSSR count). The van der Waals surface area contributed by atoms with Crippen LogP contribution in [0.2, 0.25) is 0 Å². The zero-order chi connectivity index (χ0) is 19.4. The van der Waals surface area contributed by atoms with E-state index in [1.165, 1.54) is 19.3 Å². The van der Waals surface area contributed by atoms with Crippen molar-refractivity contribution in [1.82, 2.24) is 4.72 Å². The Morgan fingerprint density at radius 2 is 1.96 bits per heavy atom. The molecule has 7 heteroatoms. The molecule has 27 heavy (non-hydrogen) atoms. The summed E-state index contributed by atoms with van der Waals surface area (Å²) in [6, 6.07) is 6.29. The summed E-state index contributed by atoms with van der Waals surface area (Å²) < 4.78 is 33.2. The lowest BCUT2D eigenvalue weighted by molar-refractivity contribution is -0.116. The standard InChI is InChI=1S/C20H30N2O4S/c1-14(19-13-15-5-6-16(19)12-15)22-27(24,25)18-9-7-17(8-10-18)21-20(23)4-3-11-26-2/h7-10,14-16,19,22H,3-6,11-13H2,1-2H3,(H,21,23)/t14-,15+,16+,19-/m0/s1. The third-order valence-corrected chi connectivity index (χ3v) is 7.55. The van der Waals surface area contributed by atoms with Gasteiger partial charge in [-0.15, -0.1) is 0 Å². The van der Waals surface area contributed by atoms with Crippen molar-refractivity contribution < 1.29 is 17.9 Å². The molecule has 0 aromatic heterocycles. The van der Waals surface area contributed by atoms with Crippen molar-refractivity contribution in [2.75, 3.05) is 19.0 Å². The van der Waals surface area contributed by atoms with Crippen molar-refractivity contribution >= 4 is 21.6 Å². The van der Waals surface area contributed by atoms with Gasteiger partial charge in [0, 0.05) is 31.9 Å². The van der Waals surface area contributed by atoms with Crippen molar-refractivity contribution in [1.29, 1.82) is 0 Å². The SMILES string of the molecule is COCCCC(=O)Nc1ccc(S(=O)(=O)N[C@@H](C)[C@@H]2C[C@@H]3CC[C@@H]2C3)cc1. The monoisotopic (exact) mass is 394 g/mol. The topological polar surface area (TPSA) is 84.5 Å². The Kier molecular flexibility index (Phi) is 6.55. The number of methoxy groups -OCH3 is 1. The number of rotatable bonds is 9. The number of benzene rings is 1. The molecular weight excluding hydrogens is 364 g/mol. The Labute approximate surface area is 162 Å². The highest BCUT2D eigenvalue weighted by Gasteiger charge is 2.42. The number of ether oxygens (including phenoxy) is 1. The molecule has 150 valence electrons. The molecule has 1 aromatic rings. The van der Waals surface area contributed by atoms with Crippen molar-refractivity contribution in [3.05, 3.63) is 24.3 Å². The molecule has 2 bridgehead atoms. The lowest BCUT2D eigenvalue weighted by Crippen LogP contribution is -2.40. The second-order valence-corrected chi connectivity index (χ2v) is 9.63. The number of carbonyl (C=O) groups excluding carboxylic acids is 1. The van der Waals surface area contributed by atoms with Crippen LogP contribution in [0.3, 0.4) is 0 Å². The summed E-state index contributed by atoms with van der Waals surface area (Å²) in [4.78, 5) is 12.1. The van der Waals surface area contributed by atoms with E-state index in [-0.39, 0.29) is 16.8 Å². The van der Waals surface area contributed by atoms with Gasteiger partial charge in [0.15, 0.2) is 0 Å². The highest BCUT2D eigenvalue weighted by molar-refractivity contribution is 7.89. The molecule has 0 spiro atoms. The number of amides is 1. The molecule has 0 radical (unpaired) electrons. The molecule has 2 fully saturated rings. The van der Waals surface area contributed by atoms with Crippen LogP contribution >= 0.6 is 0 Å². The summed E-state index contributed by atoms with van der Waals surface area (Å²) in [6.07, 6.45) is 5.97. The van der Waals surface area contributed by atoms with Gasteiger partial charge in [0.05, 0.1) is 4.90 Å². The van der Waals surface area contributed by atoms with Crippen LogP contribution in [0.5, 0.6) is 0 Å². The van der Waals surface area contributed by atoms with Gasteiger partial charge < -0.3 is 10.1 Å². The average Bonchev–Trinajstić information content (AvgIpc) is 3.25. The van der Waals surface area contributed by atoms with Gasteiger partial charge in [-0.1, -0.05) is 6.42 Å².